The highest BCUT2D eigenvalue weighted by Crippen LogP contribution is 2.40. The Bertz CT molecular complexity index is 491. The fraction of sp³-hybridized carbons (Fsp3) is 0.667. The van der Waals surface area contributed by atoms with Crippen LogP contribution in [0.4, 0.5) is 0 Å². The minimum atomic E-state index is -0.451. The molecule has 0 bridgehead atoms. The van der Waals surface area contributed by atoms with Crippen molar-refractivity contribution in [3.63, 3.8) is 0 Å². The second-order valence-electron chi connectivity index (χ2n) is 6.59. The van der Waals surface area contributed by atoms with Crippen molar-refractivity contribution in [3.05, 3.63) is 23.3 Å². The summed E-state index contributed by atoms with van der Waals surface area (Å²) in [4.78, 5) is 0. The number of fused-ring (bicyclic) bond motifs is 1. The average molecular weight is 290 g/mol. The number of aliphatic hydroxyl groups excluding tert-OH is 1. The molecule has 1 N–H and O–H groups in total. The number of methoxy groups -OCH3 is 1. The van der Waals surface area contributed by atoms with Crippen molar-refractivity contribution in [1.29, 1.82) is 0 Å². The van der Waals surface area contributed by atoms with Crippen LogP contribution in [0.15, 0.2) is 12.1 Å². The van der Waals surface area contributed by atoms with Crippen LogP contribution >= 0.6 is 0 Å². The smallest absolute Gasteiger partial charge is 0.125 e. The summed E-state index contributed by atoms with van der Waals surface area (Å²) in [5.41, 5.74) is 2.07. The molecule has 2 unspecified atom stereocenters. The average Bonchev–Trinajstić information content (AvgIpc) is 2.85. The molecule has 0 saturated heterocycles. The highest BCUT2D eigenvalue weighted by Gasteiger charge is 2.26. The second kappa shape index (κ2) is 6.27. The van der Waals surface area contributed by atoms with Crippen molar-refractivity contribution in [2.24, 2.45) is 5.92 Å². The van der Waals surface area contributed by atoms with Gasteiger partial charge < -0.3 is 14.6 Å². The standard InChI is InChI=1S/C18H26O3/c1-12-8-14-10-18(20-2)15(11-17(14)21-12)16(19)9-13-6-4-3-5-7-13/h10-13,16,19H,3-9H2,1-2H3. The molecule has 1 saturated carbocycles. The lowest BCUT2D eigenvalue weighted by molar-refractivity contribution is 0.128. The molecule has 21 heavy (non-hydrogen) atoms. The van der Waals surface area contributed by atoms with E-state index in [1.54, 1.807) is 7.11 Å². The number of hydrogen-bond acceptors (Lipinski definition) is 3. The Morgan fingerprint density at radius 3 is 2.76 bits per heavy atom. The van der Waals surface area contributed by atoms with Gasteiger partial charge in [-0.1, -0.05) is 32.1 Å². The van der Waals surface area contributed by atoms with Crippen molar-refractivity contribution in [3.8, 4) is 11.5 Å². The van der Waals surface area contributed by atoms with Gasteiger partial charge in [-0.25, -0.2) is 0 Å². The molecule has 1 aromatic carbocycles. The SMILES string of the molecule is COc1cc2c(cc1C(O)CC1CCCCC1)OC(C)C2. The van der Waals surface area contributed by atoms with Crippen LogP contribution in [0.25, 0.3) is 0 Å². The molecule has 0 spiro atoms. The fourth-order valence-electron chi connectivity index (χ4n) is 3.76. The summed E-state index contributed by atoms with van der Waals surface area (Å²) in [5, 5.41) is 10.6. The van der Waals surface area contributed by atoms with Crippen molar-refractivity contribution in [2.75, 3.05) is 7.11 Å². The fourth-order valence-corrected chi connectivity index (χ4v) is 3.76. The minimum absolute atomic E-state index is 0.218. The van der Waals surface area contributed by atoms with E-state index in [2.05, 4.69) is 6.92 Å². The summed E-state index contributed by atoms with van der Waals surface area (Å²) in [7, 11) is 1.68. The third-order valence-corrected chi connectivity index (χ3v) is 4.89. The van der Waals surface area contributed by atoms with Gasteiger partial charge in [0.05, 0.1) is 13.2 Å². The molecule has 3 rings (SSSR count). The molecule has 0 aromatic heterocycles. The van der Waals surface area contributed by atoms with Gasteiger partial charge >= 0.3 is 0 Å². The summed E-state index contributed by atoms with van der Waals surface area (Å²) >= 11 is 0. The van der Waals surface area contributed by atoms with Crippen LogP contribution in [0.5, 0.6) is 11.5 Å². The normalized spacial score (nSPS) is 23.5. The molecule has 1 aliphatic carbocycles. The molecule has 0 radical (unpaired) electrons. The number of aliphatic hydroxyl groups is 1. The summed E-state index contributed by atoms with van der Waals surface area (Å²) in [6.45, 7) is 2.07. The summed E-state index contributed by atoms with van der Waals surface area (Å²) in [6.07, 6.45) is 7.98. The van der Waals surface area contributed by atoms with Crippen molar-refractivity contribution in [1.82, 2.24) is 0 Å². The van der Waals surface area contributed by atoms with Gasteiger partial charge in [-0.15, -0.1) is 0 Å². The van der Waals surface area contributed by atoms with E-state index in [1.807, 2.05) is 12.1 Å². The van der Waals surface area contributed by atoms with Crippen LogP contribution in [-0.2, 0) is 6.42 Å². The Morgan fingerprint density at radius 1 is 1.29 bits per heavy atom. The summed E-state index contributed by atoms with van der Waals surface area (Å²) in [5.74, 6) is 2.36. The van der Waals surface area contributed by atoms with Gasteiger partial charge in [0.2, 0.25) is 0 Å². The van der Waals surface area contributed by atoms with Crippen molar-refractivity contribution >= 4 is 0 Å². The first-order valence-electron chi connectivity index (χ1n) is 8.23. The van der Waals surface area contributed by atoms with E-state index in [1.165, 1.54) is 37.7 Å². The van der Waals surface area contributed by atoms with Crippen LogP contribution in [0.1, 0.15) is 62.7 Å². The van der Waals surface area contributed by atoms with Gasteiger partial charge in [0.25, 0.3) is 0 Å². The highest BCUT2D eigenvalue weighted by atomic mass is 16.5. The van der Waals surface area contributed by atoms with Gasteiger partial charge in [-0.05, 0) is 31.4 Å². The van der Waals surface area contributed by atoms with E-state index in [0.717, 1.165) is 29.9 Å². The quantitative estimate of drug-likeness (QED) is 0.910. The maximum atomic E-state index is 10.6. The van der Waals surface area contributed by atoms with Crippen molar-refractivity contribution < 1.29 is 14.6 Å². The summed E-state index contributed by atoms with van der Waals surface area (Å²) in [6, 6.07) is 4.03. The lowest BCUT2D eigenvalue weighted by Gasteiger charge is -2.25. The van der Waals surface area contributed by atoms with E-state index in [-0.39, 0.29) is 6.10 Å². The molecule has 3 nitrogen and oxygen atoms in total. The van der Waals surface area contributed by atoms with Crippen LogP contribution in [0, 0.1) is 5.92 Å². The zero-order valence-electron chi connectivity index (χ0n) is 13.1. The van der Waals surface area contributed by atoms with Crippen LogP contribution in [0.3, 0.4) is 0 Å². The Morgan fingerprint density at radius 2 is 2.05 bits per heavy atom. The largest absolute Gasteiger partial charge is 0.496 e. The first-order valence-corrected chi connectivity index (χ1v) is 8.23. The first-order chi connectivity index (χ1) is 10.2. The topological polar surface area (TPSA) is 38.7 Å². The minimum Gasteiger partial charge on any atom is -0.496 e. The Labute approximate surface area is 127 Å². The molecule has 3 heteroatoms. The van der Waals surface area contributed by atoms with Crippen LogP contribution in [0.2, 0.25) is 0 Å². The lowest BCUT2D eigenvalue weighted by Crippen LogP contribution is -2.12. The lowest BCUT2D eigenvalue weighted by atomic mass is 9.84. The maximum Gasteiger partial charge on any atom is 0.125 e. The highest BCUT2D eigenvalue weighted by molar-refractivity contribution is 5.49. The van der Waals surface area contributed by atoms with E-state index in [9.17, 15) is 5.11 Å². The number of ether oxygens (including phenoxy) is 2. The molecule has 1 heterocycles. The van der Waals surface area contributed by atoms with E-state index < -0.39 is 6.10 Å². The predicted molar refractivity (Wildman–Crippen MR) is 82.9 cm³/mol. The molecule has 1 aliphatic heterocycles. The first kappa shape index (κ1) is 14.7. The number of rotatable bonds is 4. The molecule has 2 atom stereocenters. The Hall–Kier alpha value is -1.22. The number of benzene rings is 1. The number of hydrogen-bond donors (Lipinski definition) is 1. The van der Waals surface area contributed by atoms with E-state index in [4.69, 9.17) is 9.47 Å². The Kier molecular flexibility index (Phi) is 4.39. The molecule has 0 amide bonds. The summed E-state index contributed by atoms with van der Waals surface area (Å²) < 4.78 is 11.3. The molecular formula is C18H26O3. The second-order valence-corrected chi connectivity index (χ2v) is 6.59. The third-order valence-electron chi connectivity index (χ3n) is 4.89. The zero-order chi connectivity index (χ0) is 14.8. The van der Waals surface area contributed by atoms with Crippen LogP contribution < -0.4 is 9.47 Å². The van der Waals surface area contributed by atoms with Gasteiger partial charge in [-0.2, -0.15) is 0 Å². The van der Waals surface area contributed by atoms with Gasteiger partial charge in [0.15, 0.2) is 0 Å². The molecule has 1 aromatic rings. The van der Waals surface area contributed by atoms with Gasteiger partial charge in [-0.3, -0.25) is 0 Å². The molecule has 2 aliphatic rings. The zero-order valence-corrected chi connectivity index (χ0v) is 13.1. The van der Waals surface area contributed by atoms with E-state index >= 15 is 0 Å². The van der Waals surface area contributed by atoms with Gasteiger partial charge in [0, 0.05) is 17.5 Å². The molecule has 1 fully saturated rings. The third kappa shape index (κ3) is 3.18. The molecule has 116 valence electrons. The Balaban J connectivity index is 1.78. The van der Waals surface area contributed by atoms with Crippen LogP contribution in [-0.4, -0.2) is 18.3 Å². The monoisotopic (exact) mass is 290 g/mol. The maximum absolute atomic E-state index is 10.6. The van der Waals surface area contributed by atoms with Gasteiger partial charge in [0.1, 0.15) is 17.6 Å². The predicted octanol–water partition coefficient (Wildman–Crippen LogP) is 4.02. The van der Waals surface area contributed by atoms with Crippen molar-refractivity contribution in [2.45, 2.75) is 64.1 Å². The molecular weight excluding hydrogens is 264 g/mol. The van der Waals surface area contributed by atoms with E-state index in [0.29, 0.717) is 5.92 Å².